The van der Waals surface area contributed by atoms with E-state index < -0.39 is 0 Å². The predicted molar refractivity (Wildman–Crippen MR) is 47.2 cm³/mol. The smallest absolute Gasteiger partial charge is 0.0244 e. The second-order valence-electron chi connectivity index (χ2n) is 2.52. The molecule has 0 amide bonds. The molecular weight excluding hydrogens is 122 g/mol. The Morgan fingerprint density at radius 1 is 1.40 bits per heavy atom. The molecule has 10 heavy (non-hydrogen) atoms. The first-order valence-electron chi connectivity index (χ1n) is 4.19. The summed E-state index contributed by atoms with van der Waals surface area (Å²) in [4.78, 5) is 0. The molecule has 0 aromatic heterocycles. The minimum Gasteiger partial charge on any atom is -0.314 e. The molecule has 0 spiro atoms. The summed E-state index contributed by atoms with van der Waals surface area (Å²) < 4.78 is 0. The quantitative estimate of drug-likeness (QED) is 0.579. The molecule has 0 heterocycles. The molecule has 0 aliphatic carbocycles. The highest BCUT2D eigenvalue weighted by Gasteiger charge is 1.93. The molecule has 1 heteroatoms. The molecule has 0 saturated carbocycles. The van der Waals surface area contributed by atoms with Crippen LogP contribution in [0.4, 0.5) is 0 Å². The molecule has 0 aromatic carbocycles. The van der Waals surface area contributed by atoms with Gasteiger partial charge in [-0.05, 0) is 19.9 Å². The zero-order valence-corrected chi connectivity index (χ0v) is 7.35. The number of likely N-dealkylation sites (N-methyl/N-ethyl adjacent to an activating group) is 1. The fourth-order valence-electron chi connectivity index (χ4n) is 0.864. The monoisotopic (exact) mass is 141 g/mol. The lowest BCUT2D eigenvalue weighted by molar-refractivity contribution is 0.645. The second-order valence-corrected chi connectivity index (χ2v) is 2.52. The minimum absolute atomic E-state index is 0.576. The zero-order chi connectivity index (χ0) is 7.82. The van der Waals surface area contributed by atoms with E-state index in [0.29, 0.717) is 6.04 Å². The Morgan fingerprint density at radius 2 is 2.10 bits per heavy atom. The summed E-state index contributed by atoms with van der Waals surface area (Å²) in [5.41, 5.74) is 0. The first kappa shape index (κ1) is 9.70. The van der Waals surface area contributed by atoms with Crippen molar-refractivity contribution in [2.24, 2.45) is 0 Å². The van der Waals surface area contributed by atoms with Crippen LogP contribution in [-0.4, -0.2) is 13.1 Å². The fraction of sp³-hybridized carbons (Fsp3) is 0.778. The van der Waals surface area contributed by atoms with E-state index in [4.69, 9.17) is 0 Å². The van der Waals surface area contributed by atoms with Crippen molar-refractivity contribution < 1.29 is 0 Å². The molecule has 0 aliphatic heterocycles. The Hall–Kier alpha value is -0.300. The molecule has 1 nitrogen and oxygen atoms in total. The molecule has 0 rings (SSSR count). The summed E-state index contributed by atoms with van der Waals surface area (Å²) in [7, 11) is 2.00. The summed E-state index contributed by atoms with van der Waals surface area (Å²) >= 11 is 0. The summed E-state index contributed by atoms with van der Waals surface area (Å²) in [6.07, 6.45) is 8.14. The average Bonchev–Trinajstić information content (AvgIpc) is 1.99. The van der Waals surface area contributed by atoms with Crippen LogP contribution in [-0.2, 0) is 0 Å². The van der Waals surface area contributed by atoms with E-state index in [1.165, 1.54) is 19.3 Å². The standard InChI is InChI=1S/C9H19N/c1-4-6-7-8-9(5-2)10-3/h7-10H,4-6H2,1-3H3. The number of nitrogens with one attached hydrogen (secondary N) is 1. The van der Waals surface area contributed by atoms with E-state index in [2.05, 4.69) is 31.3 Å². The van der Waals surface area contributed by atoms with Crippen LogP contribution in [0.3, 0.4) is 0 Å². The van der Waals surface area contributed by atoms with E-state index in [1.807, 2.05) is 7.05 Å². The van der Waals surface area contributed by atoms with Gasteiger partial charge in [-0.1, -0.05) is 32.4 Å². The largest absolute Gasteiger partial charge is 0.314 e. The molecule has 1 unspecified atom stereocenters. The predicted octanol–water partition coefficient (Wildman–Crippen LogP) is 2.34. The van der Waals surface area contributed by atoms with Crippen LogP contribution in [0.1, 0.15) is 33.1 Å². The van der Waals surface area contributed by atoms with Gasteiger partial charge in [-0.25, -0.2) is 0 Å². The highest BCUT2D eigenvalue weighted by molar-refractivity contribution is 4.91. The van der Waals surface area contributed by atoms with Crippen molar-refractivity contribution in [3.63, 3.8) is 0 Å². The van der Waals surface area contributed by atoms with Gasteiger partial charge < -0.3 is 5.32 Å². The van der Waals surface area contributed by atoms with Crippen LogP contribution in [0.15, 0.2) is 12.2 Å². The van der Waals surface area contributed by atoms with Crippen molar-refractivity contribution in [1.82, 2.24) is 5.32 Å². The minimum atomic E-state index is 0.576. The Kier molecular flexibility index (Phi) is 6.61. The van der Waals surface area contributed by atoms with E-state index in [0.717, 1.165) is 0 Å². The molecule has 0 radical (unpaired) electrons. The van der Waals surface area contributed by atoms with Crippen LogP contribution >= 0.6 is 0 Å². The third-order valence-electron chi connectivity index (χ3n) is 1.63. The fourth-order valence-corrected chi connectivity index (χ4v) is 0.864. The van der Waals surface area contributed by atoms with Gasteiger partial charge in [-0.15, -0.1) is 0 Å². The maximum absolute atomic E-state index is 3.22. The molecule has 0 bridgehead atoms. The van der Waals surface area contributed by atoms with Gasteiger partial charge in [0.15, 0.2) is 0 Å². The van der Waals surface area contributed by atoms with Gasteiger partial charge in [0.25, 0.3) is 0 Å². The maximum atomic E-state index is 3.22. The van der Waals surface area contributed by atoms with Crippen LogP contribution in [0.5, 0.6) is 0 Å². The Balaban J connectivity index is 3.40. The van der Waals surface area contributed by atoms with Crippen LogP contribution in [0, 0.1) is 0 Å². The van der Waals surface area contributed by atoms with Crippen molar-refractivity contribution in [2.75, 3.05) is 7.05 Å². The third-order valence-corrected chi connectivity index (χ3v) is 1.63. The van der Waals surface area contributed by atoms with Crippen LogP contribution in [0.25, 0.3) is 0 Å². The Morgan fingerprint density at radius 3 is 2.50 bits per heavy atom. The Labute approximate surface area is 64.5 Å². The molecule has 0 aromatic rings. The van der Waals surface area contributed by atoms with Crippen molar-refractivity contribution in [2.45, 2.75) is 39.2 Å². The first-order valence-corrected chi connectivity index (χ1v) is 4.19. The van der Waals surface area contributed by atoms with Gasteiger partial charge in [0.1, 0.15) is 0 Å². The summed E-state index contributed by atoms with van der Waals surface area (Å²) in [6.45, 7) is 4.39. The van der Waals surface area contributed by atoms with Crippen molar-refractivity contribution >= 4 is 0 Å². The van der Waals surface area contributed by atoms with E-state index >= 15 is 0 Å². The highest BCUT2D eigenvalue weighted by atomic mass is 14.8. The van der Waals surface area contributed by atoms with E-state index in [-0.39, 0.29) is 0 Å². The summed E-state index contributed by atoms with van der Waals surface area (Å²) in [5.74, 6) is 0. The number of rotatable bonds is 5. The number of hydrogen-bond acceptors (Lipinski definition) is 1. The van der Waals surface area contributed by atoms with Crippen molar-refractivity contribution in [1.29, 1.82) is 0 Å². The molecular formula is C9H19N. The summed E-state index contributed by atoms with van der Waals surface area (Å²) in [6, 6.07) is 0.576. The van der Waals surface area contributed by atoms with E-state index in [9.17, 15) is 0 Å². The lowest BCUT2D eigenvalue weighted by atomic mass is 10.2. The SMILES string of the molecule is CCCC=CC(CC)NC. The molecule has 1 atom stereocenters. The normalized spacial score (nSPS) is 14.3. The summed E-state index contributed by atoms with van der Waals surface area (Å²) in [5, 5.41) is 3.22. The van der Waals surface area contributed by atoms with Crippen LogP contribution < -0.4 is 5.32 Å². The number of allylic oxidation sites excluding steroid dienone is 1. The topological polar surface area (TPSA) is 12.0 Å². The molecule has 0 aliphatic rings. The molecule has 1 N–H and O–H groups in total. The lowest BCUT2D eigenvalue weighted by Crippen LogP contribution is -2.21. The van der Waals surface area contributed by atoms with E-state index in [1.54, 1.807) is 0 Å². The van der Waals surface area contributed by atoms with Crippen molar-refractivity contribution in [3.8, 4) is 0 Å². The van der Waals surface area contributed by atoms with Gasteiger partial charge in [0.05, 0.1) is 0 Å². The third kappa shape index (κ3) is 4.57. The maximum Gasteiger partial charge on any atom is 0.0244 e. The van der Waals surface area contributed by atoms with Gasteiger partial charge in [-0.2, -0.15) is 0 Å². The van der Waals surface area contributed by atoms with Gasteiger partial charge >= 0.3 is 0 Å². The lowest BCUT2D eigenvalue weighted by Gasteiger charge is -2.06. The Bertz CT molecular complexity index is 82.7. The second kappa shape index (κ2) is 6.81. The van der Waals surface area contributed by atoms with Crippen molar-refractivity contribution in [3.05, 3.63) is 12.2 Å². The molecule has 0 fully saturated rings. The molecule has 0 saturated heterocycles. The highest BCUT2D eigenvalue weighted by Crippen LogP contribution is 1.95. The zero-order valence-electron chi connectivity index (χ0n) is 7.35. The van der Waals surface area contributed by atoms with Gasteiger partial charge in [-0.3, -0.25) is 0 Å². The van der Waals surface area contributed by atoms with Gasteiger partial charge in [0, 0.05) is 6.04 Å². The average molecular weight is 141 g/mol. The number of hydrogen-bond donors (Lipinski definition) is 1. The van der Waals surface area contributed by atoms with Gasteiger partial charge in [0.2, 0.25) is 0 Å². The molecule has 60 valence electrons. The number of unbranched alkanes of at least 4 members (excludes halogenated alkanes) is 1. The van der Waals surface area contributed by atoms with Crippen LogP contribution in [0.2, 0.25) is 0 Å². The first-order chi connectivity index (χ1) is 4.85.